The van der Waals surface area contributed by atoms with E-state index >= 15 is 0 Å². The summed E-state index contributed by atoms with van der Waals surface area (Å²) in [6.07, 6.45) is -5.36. The van der Waals surface area contributed by atoms with E-state index in [1.54, 1.807) is 19.0 Å². The van der Waals surface area contributed by atoms with Crippen LogP contribution in [0.3, 0.4) is 0 Å². The van der Waals surface area contributed by atoms with Crippen LogP contribution in [0.2, 0.25) is 0 Å². The molecular weight excluding hydrogens is 489 g/mol. The number of carbonyl (C=O) groups excluding carboxylic acids is 2. The lowest BCUT2D eigenvalue weighted by Crippen LogP contribution is -2.47. The lowest BCUT2D eigenvalue weighted by Gasteiger charge is -2.32. The van der Waals surface area contributed by atoms with Crippen molar-refractivity contribution < 1.29 is 41.0 Å². The van der Waals surface area contributed by atoms with Gasteiger partial charge in [-0.25, -0.2) is 4.39 Å². The van der Waals surface area contributed by atoms with Crippen molar-refractivity contribution in [2.45, 2.75) is 37.6 Å². The quantitative estimate of drug-likeness (QED) is 0.440. The highest BCUT2D eigenvalue weighted by atomic mass is 19.4. The summed E-state index contributed by atoms with van der Waals surface area (Å²) in [6, 6.07) is 4.48. The zero-order valence-corrected chi connectivity index (χ0v) is 20.2. The number of amides is 1. The number of anilines is 1. The summed E-state index contributed by atoms with van der Waals surface area (Å²) in [4.78, 5) is 31.1. The number of pyridine rings is 1. The Kier molecular flexibility index (Phi) is 7.70. The zero-order valence-electron chi connectivity index (χ0n) is 20.2. The highest BCUT2D eigenvalue weighted by Gasteiger charge is 2.65. The van der Waals surface area contributed by atoms with Gasteiger partial charge in [-0.2, -0.15) is 17.6 Å². The predicted octanol–water partition coefficient (Wildman–Crippen LogP) is 4.19. The lowest BCUT2D eigenvalue weighted by molar-refractivity contribution is -0.272. The topological polar surface area (TPSA) is 80.8 Å². The van der Waals surface area contributed by atoms with Crippen molar-refractivity contribution in [2.24, 2.45) is 5.92 Å². The van der Waals surface area contributed by atoms with Crippen LogP contribution >= 0.6 is 0 Å². The minimum Gasteiger partial charge on any atom is -0.493 e. The molecule has 0 aliphatic carbocycles. The molecule has 0 saturated carbocycles. The summed E-state index contributed by atoms with van der Waals surface area (Å²) < 4.78 is 80.7. The minimum absolute atomic E-state index is 0.0427. The number of ketones is 1. The number of nitrogens with zero attached hydrogens (tertiary/aromatic N) is 2. The van der Waals surface area contributed by atoms with Crippen LogP contribution in [0.4, 0.5) is 27.6 Å². The van der Waals surface area contributed by atoms with E-state index in [0.717, 1.165) is 26.2 Å². The number of Topliss-reactive ketones (excluding diaryl/α,β-unsaturated/α-hetero) is 1. The van der Waals surface area contributed by atoms with Crippen molar-refractivity contribution in [1.82, 2.24) is 9.88 Å². The molecule has 0 radical (unpaired) electrons. The first-order chi connectivity index (χ1) is 16.7. The molecule has 1 amide bonds. The highest BCUT2D eigenvalue weighted by molar-refractivity contribution is 5.99. The summed E-state index contributed by atoms with van der Waals surface area (Å²) in [5.41, 5.74) is -2.78. The summed E-state index contributed by atoms with van der Waals surface area (Å²) in [5, 5.41) is 2.46. The van der Waals surface area contributed by atoms with Gasteiger partial charge in [-0.1, -0.05) is 13.0 Å². The lowest BCUT2D eigenvalue weighted by atomic mass is 9.77. The number of hydrogen-bond acceptors (Lipinski definition) is 6. The minimum atomic E-state index is -4.88. The number of nitrogens with one attached hydrogen (secondary N) is 1. The molecule has 3 rings (SSSR count). The number of aromatic nitrogens is 1. The molecule has 196 valence electrons. The number of ether oxygens (including phenoxy) is 2. The van der Waals surface area contributed by atoms with Gasteiger partial charge in [-0.15, -0.1) is 0 Å². The van der Waals surface area contributed by atoms with E-state index in [1.165, 1.54) is 25.3 Å². The van der Waals surface area contributed by atoms with Crippen LogP contribution in [0.15, 0.2) is 30.5 Å². The normalized spacial score (nSPS) is 24.1. The number of methoxy groups -OCH3 is 1. The summed E-state index contributed by atoms with van der Waals surface area (Å²) in [5.74, 6) is -7.30. The van der Waals surface area contributed by atoms with Crippen molar-refractivity contribution >= 4 is 17.4 Å². The number of alkyl halides is 3. The van der Waals surface area contributed by atoms with Crippen LogP contribution in [0.1, 0.15) is 35.8 Å². The van der Waals surface area contributed by atoms with Crippen LogP contribution in [-0.2, 0) is 9.53 Å². The average molecular weight is 515 g/mol. The fraction of sp³-hybridized carbons (Fsp3) is 0.458. The number of hydrogen-bond donors (Lipinski definition) is 1. The first-order valence-corrected chi connectivity index (χ1v) is 10.9. The number of carbonyl (C=O) groups is 2. The zero-order chi connectivity index (χ0) is 27.0. The third-order valence-electron chi connectivity index (χ3n) is 6.34. The summed E-state index contributed by atoms with van der Waals surface area (Å²) in [7, 11) is 4.42. The Labute approximate surface area is 204 Å². The fourth-order valence-electron chi connectivity index (χ4n) is 4.28. The molecule has 0 bridgehead atoms. The summed E-state index contributed by atoms with van der Waals surface area (Å²) in [6.45, 7) is 2.07. The SMILES string of the molecule is COc1c([C@H]2[C@H](C(=O)Nc3ccnc(C(=O)CN(C)C)c3)O[C@@](C)(C(F)(F)F)[C@H]2C)ccc(F)c1F. The second-order valence-electron chi connectivity index (χ2n) is 9.02. The molecular formula is C24H26F5N3O4. The maximum atomic E-state index is 14.4. The van der Waals surface area contributed by atoms with Crippen LogP contribution in [-0.4, -0.2) is 67.2 Å². The van der Waals surface area contributed by atoms with Crippen LogP contribution in [0.25, 0.3) is 0 Å². The first-order valence-electron chi connectivity index (χ1n) is 10.9. The first kappa shape index (κ1) is 27.5. The van der Waals surface area contributed by atoms with Crippen LogP contribution in [0.5, 0.6) is 5.75 Å². The molecule has 0 unspecified atom stereocenters. The Hall–Kier alpha value is -3.12. The molecule has 1 N–H and O–H groups in total. The molecule has 4 atom stereocenters. The number of likely N-dealkylation sites (N-methyl/N-ethyl adjacent to an activating group) is 1. The Balaban J connectivity index is 2.01. The third kappa shape index (κ3) is 5.05. The van der Waals surface area contributed by atoms with E-state index in [1.807, 2.05) is 0 Å². The van der Waals surface area contributed by atoms with Crippen molar-refractivity contribution in [1.29, 1.82) is 0 Å². The van der Waals surface area contributed by atoms with Gasteiger partial charge in [0.25, 0.3) is 5.91 Å². The molecule has 36 heavy (non-hydrogen) atoms. The van der Waals surface area contributed by atoms with E-state index in [4.69, 9.17) is 9.47 Å². The smallest absolute Gasteiger partial charge is 0.417 e. The van der Waals surface area contributed by atoms with E-state index < -0.39 is 53.0 Å². The standard InChI is InChI=1S/C24H26F5N3O4/c1-12-18(14-6-7-15(25)19(26)20(14)35-5)21(36-23(12,2)24(27,28)29)22(34)31-13-8-9-30-16(10-13)17(33)11-32(3)4/h6-10,12,18,21H,11H2,1-5H3,(H,30,31,34)/t12-,18-,21+,23+/m0/s1. The predicted molar refractivity (Wildman–Crippen MR) is 120 cm³/mol. The number of rotatable bonds is 7. The van der Waals surface area contributed by atoms with Crippen molar-refractivity contribution in [3.05, 3.63) is 53.4 Å². The third-order valence-corrected chi connectivity index (χ3v) is 6.34. The molecule has 1 saturated heterocycles. The molecule has 1 aliphatic heterocycles. The molecule has 12 heteroatoms. The van der Waals surface area contributed by atoms with Gasteiger partial charge in [-0.3, -0.25) is 14.6 Å². The maximum Gasteiger partial charge on any atom is 0.417 e. The summed E-state index contributed by atoms with van der Waals surface area (Å²) >= 11 is 0. The van der Waals surface area contributed by atoms with Gasteiger partial charge < -0.3 is 19.7 Å². The van der Waals surface area contributed by atoms with Crippen molar-refractivity contribution in [3.63, 3.8) is 0 Å². The van der Waals surface area contributed by atoms with Gasteiger partial charge in [0.15, 0.2) is 23.0 Å². The molecule has 0 spiro atoms. The van der Waals surface area contributed by atoms with Crippen LogP contribution < -0.4 is 10.1 Å². The Morgan fingerprint density at radius 1 is 1.22 bits per heavy atom. The fourth-order valence-corrected chi connectivity index (χ4v) is 4.28. The van der Waals surface area contributed by atoms with Crippen LogP contribution in [0, 0.1) is 17.6 Å². The Morgan fingerprint density at radius 3 is 2.47 bits per heavy atom. The maximum absolute atomic E-state index is 14.4. The highest BCUT2D eigenvalue weighted by Crippen LogP contribution is 2.55. The van der Waals surface area contributed by atoms with Gasteiger partial charge >= 0.3 is 6.18 Å². The van der Waals surface area contributed by atoms with Gasteiger partial charge in [-0.05, 0) is 39.2 Å². The molecule has 2 aromatic rings. The number of benzene rings is 1. The van der Waals surface area contributed by atoms with E-state index in [0.29, 0.717) is 0 Å². The molecule has 1 aromatic carbocycles. The van der Waals surface area contributed by atoms with E-state index in [2.05, 4.69) is 10.3 Å². The Morgan fingerprint density at radius 2 is 1.89 bits per heavy atom. The molecule has 1 aromatic heterocycles. The second-order valence-corrected chi connectivity index (χ2v) is 9.02. The Bertz CT molecular complexity index is 1160. The van der Waals surface area contributed by atoms with Gasteiger partial charge in [0.2, 0.25) is 5.82 Å². The van der Waals surface area contributed by atoms with E-state index in [9.17, 15) is 31.5 Å². The number of halogens is 5. The van der Waals surface area contributed by atoms with Gasteiger partial charge in [0.1, 0.15) is 11.8 Å². The molecule has 1 aliphatic rings. The average Bonchev–Trinajstić information content (AvgIpc) is 3.07. The van der Waals surface area contributed by atoms with E-state index in [-0.39, 0.29) is 29.3 Å². The molecule has 7 nitrogen and oxygen atoms in total. The molecule has 2 heterocycles. The van der Waals surface area contributed by atoms with Gasteiger partial charge in [0.05, 0.1) is 13.7 Å². The van der Waals surface area contributed by atoms with Crippen molar-refractivity contribution in [3.8, 4) is 5.75 Å². The molecule has 1 fully saturated rings. The second kappa shape index (κ2) is 10.1. The van der Waals surface area contributed by atoms with Crippen molar-refractivity contribution in [2.75, 3.05) is 33.1 Å². The van der Waals surface area contributed by atoms with Gasteiger partial charge in [0, 0.05) is 29.3 Å². The largest absolute Gasteiger partial charge is 0.493 e. The monoisotopic (exact) mass is 515 g/mol.